The van der Waals surface area contributed by atoms with Crippen molar-refractivity contribution in [3.63, 3.8) is 0 Å². The van der Waals surface area contributed by atoms with Crippen LogP contribution in [0.25, 0.3) is 0 Å². The van der Waals surface area contributed by atoms with E-state index in [9.17, 15) is 0 Å². The Morgan fingerprint density at radius 2 is 2.10 bits per heavy atom. The molecule has 1 aromatic carbocycles. The van der Waals surface area contributed by atoms with Crippen LogP contribution in [0, 0.1) is 5.92 Å². The highest BCUT2D eigenvalue weighted by molar-refractivity contribution is 6.33. The van der Waals surface area contributed by atoms with Gasteiger partial charge in [0.1, 0.15) is 0 Å². The van der Waals surface area contributed by atoms with E-state index in [0.29, 0.717) is 5.92 Å². The maximum Gasteiger partial charge on any atom is 0.0642 e. The van der Waals surface area contributed by atoms with Gasteiger partial charge in [0.15, 0.2) is 0 Å². The SMILES string of the molecule is COCC1CCN(c2c(Cl)cccc2CC(C)N)CC1. The van der Waals surface area contributed by atoms with Gasteiger partial charge in [0.2, 0.25) is 0 Å². The van der Waals surface area contributed by atoms with Crippen molar-refractivity contribution >= 4 is 17.3 Å². The van der Waals surface area contributed by atoms with E-state index in [-0.39, 0.29) is 6.04 Å². The van der Waals surface area contributed by atoms with E-state index >= 15 is 0 Å². The van der Waals surface area contributed by atoms with Crippen LogP contribution < -0.4 is 10.6 Å². The largest absolute Gasteiger partial charge is 0.384 e. The molecule has 4 heteroatoms. The summed E-state index contributed by atoms with van der Waals surface area (Å²) in [5.74, 6) is 0.676. The van der Waals surface area contributed by atoms with Crippen LogP contribution in [0.1, 0.15) is 25.3 Å². The maximum absolute atomic E-state index is 6.44. The Morgan fingerprint density at radius 3 is 2.70 bits per heavy atom. The number of anilines is 1. The number of methoxy groups -OCH3 is 1. The Kier molecular flexibility index (Phi) is 5.70. The summed E-state index contributed by atoms with van der Waals surface area (Å²) < 4.78 is 5.26. The normalized spacial score (nSPS) is 18.3. The third kappa shape index (κ3) is 3.87. The molecule has 2 N–H and O–H groups in total. The van der Waals surface area contributed by atoms with Crippen LogP contribution in [0.4, 0.5) is 5.69 Å². The number of rotatable bonds is 5. The molecule has 1 aliphatic heterocycles. The maximum atomic E-state index is 6.44. The zero-order valence-electron chi connectivity index (χ0n) is 12.4. The molecule has 1 atom stereocenters. The Balaban J connectivity index is 2.12. The lowest BCUT2D eigenvalue weighted by Crippen LogP contribution is -2.36. The van der Waals surface area contributed by atoms with Crippen molar-refractivity contribution in [3.05, 3.63) is 28.8 Å². The van der Waals surface area contributed by atoms with Gasteiger partial charge >= 0.3 is 0 Å². The molecule has 20 heavy (non-hydrogen) atoms. The van der Waals surface area contributed by atoms with E-state index < -0.39 is 0 Å². The van der Waals surface area contributed by atoms with E-state index in [1.165, 1.54) is 11.3 Å². The highest BCUT2D eigenvalue weighted by atomic mass is 35.5. The van der Waals surface area contributed by atoms with E-state index in [0.717, 1.165) is 44.0 Å². The topological polar surface area (TPSA) is 38.5 Å². The summed E-state index contributed by atoms with van der Waals surface area (Å²) in [6.07, 6.45) is 3.20. The first kappa shape index (κ1) is 15.6. The number of hydrogen-bond acceptors (Lipinski definition) is 3. The predicted molar refractivity (Wildman–Crippen MR) is 85.6 cm³/mol. The van der Waals surface area contributed by atoms with Gasteiger partial charge < -0.3 is 15.4 Å². The third-order valence-electron chi connectivity index (χ3n) is 3.95. The van der Waals surface area contributed by atoms with Gasteiger partial charge in [-0.25, -0.2) is 0 Å². The molecule has 2 rings (SSSR count). The van der Waals surface area contributed by atoms with Gasteiger partial charge in [-0.05, 0) is 43.7 Å². The van der Waals surface area contributed by atoms with Crippen LogP contribution in [0.15, 0.2) is 18.2 Å². The monoisotopic (exact) mass is 296 g/mol. The van der Waals surface area contributed by atoms with Gasteiger partial charge in [-0.15, -0.1) is 0 Å². The van der Waals surface area contributed by atoms with Crippen LogP contribution in [-0.4, -0.2) is 32.8 Å². The molecule has 0 aliphatic carbocycles. The van der Waals surface area contributed by atoms with E-state index in [4.69, 9.17) is 22.1 Å². The second-order valence-corrected chi connectivity index (χ2v) is 6.22. The number of halogens is 1. The van der Waals surface area contributed by atoms with Crippen molar-refractivity contribution in [1.29, 1.82) is 0 Å². The molecular formula is C16H25ClN2O. The molecule has 0 saturated carbocycles. The molecule has 1 heterocycles. The molecule has 3 nitrogen and oxygen atoms in total. The minimum Gasteiger partial charge on any atom is -0.384 e. The lowest BCUT2D eigenvalue weighted by molar-refractivity contribution is 0.139. The summed E-state index contributed by atoms with van der Waals surface area (Å²) >= 11 is 6.44. The molecule has 1 unspecified atom stereocenters. The lowest BCUT2D eigenvalue weighted by Gasteiger charge is -2.35. The number of ether oxygens (including phenoxy) is 1. The van der Waals surface area contributed by atoms with Crippen LogP contribution in [0.3, 0.4) is 0 Å². The van der Waals surface area contributed by atoms with Gasteiger partial charge in [-0.1, -0.05) is 23.7 Å². The number of benzene rings is 1. The fourth-order valence-electron chi connectivity index (χ4n) is 2.98. The quantitative estimate of drug-likeness (QED) is 0.907. The van der Waals surface area contributed by atoms with Gasteiger partial charge in [0.05, 0.1) is 10.7 Å². The average molecular weight is 297 g/mol. The number of hydrogen-bond donors (Lipinski definition) is 1. The number of para-hydroxylation sites is 1. The zero-order valence-corrected chi connectivity index (χ0v) is 13.2. The van der Waals surface area contributed by atoms with Crippen molar-refractivity contribution in [2.24, 2.45) is 11.7 Å². The fraction of sp³-hybridized carbons (Fsp3) is 0.625. The Hall–Kier alpha value is -0.770. The van der Waals surface area contributed by atoms with Crippen LogP contribution in [0.5, 0.6) is 0 Å². The Labute approximate surface area is 127 Å². The molecule has 0 amide bonds. The first-order chi connectivity index (χ1) is 9.61. The van der Waals surface area contributed by atoms with Crippen LogP contribution in [0.2, 0.25) is 5.02 Å². The fourth-order valence-corrected chi connectivity index (χ4v) is 3.30. The highest BCUT2D eigenvalue weighted by Gasteiger charge is 2.22. The van der Waals surface area contributed by atoms with Crippen LogP contribution >= 0.6 is 11.6 Å². The standard InChI is InChI=1S/C16H25ClN2O/c1-12(18)10-14-4-3-5-15(17)16(14)19-8-6-13(7-9-19)11-20-2/h3-5,12-13H,6-11,18H2,1-2H3. The van der Waals surface area contributed by atoms with Crippen molar-refractivity contribution in [1.82, 2.24) is 0 Å². The minimum absolute atomic E-state index is 0.151. The second-order valence-electron chi connectivity index (χ2n) is 5.81. The van der Waals surface area contributed by atoms with Gasteiger partial charge in [0.25, 0.3) is 0 Å². The van der Waals surface area contributed by atoms with Crippen LogP contribution in [-0.2, 0) is 11.2 Å². The molecule has 0 spiro atoms. The molecule has 1 fully saturated rings. The van der Waals surface area contributed by atoms with Crippen molar-refractivity contribution in [3.8, 4) is 0 Å². The molecular weight excluding hydrogens is 272 g/mol. The van der Waals surface area contributed by atoms with Gasteiger partial charge in [-0.2, -0.15) is 0 Å². The smallest absolute Gasteiger partial charge is 0.0642 e. The Bertz CT molecular complexity index is 428. The third-order valence-corrected chi connectivity index (χ3v) is 4.25. The second kappa shape index (κ2) is 7.30. The summed E-state index contributed by atoms with van der Waals surface area (Å²) in [5.41, 5.74) is 8.40. The van der Waals surface area contributed by atoms with E-state index in [2.05, 4.69) is 11.0 Å². The van der Waals surface area contributed by atoms with Gasteiger partial charge in [-0.3, -0.25) is 0 Å². The van der Waals surface area contributed by atoms with Crippen molar-refractivity contribution in [2.75, 3.05) is 31.7 Å². The molecule has 1 aromatic rings. The number of nitrogens with two attached hydrogens (primary N) is 1. The first-order valence-corrected chi connectivity index (χ1v) is 7.76. The predicted octanol–water partition coefficient (Wildman–Crippen LogP) is 3.09. The molecule has 0 radical (unpaired) electrons. The number of nitrogens with zero attached hydrogens (tertiary/aromatic N) is 1. The summed E-state index contributed by atoms with van der Waals surface area (Å²) in [6, 6.07) is 6.29. The molecule has 1 saturated heterocycles. The van der Waals surface area contributed by atoms with Crippen molar-refractivity contribution in [2.45, 2.75) is 32.2 Å². The zero-order chi connectivity index (χ0) is 14.5. The summed E-state index contributed by atoms with van der Waals surface area (Å²) in [7, 11) is 1.78. The summed E-state index contributed by atoms with van der Waals surface area (Å²) in [6.45, 7) is 4.99. The summed E-state index contributed by atoms with van der Waals surface area (Å²) in [4.78, 5) is 2.41. The molecule has 0 aromatic heterocycles. The minimum atomic E-state index is 0.151. The van der Waals surface area contributed by atoms with E-state index in [1.54, 1.807) is 7.11 Å². The summed E-state index contributed by atoms with van der Waals surface area (Å²) in [5, 5.41) is 0.841. The first-order valence-electron chi connectivity index (χ1n) is 7.38. The molecule has 1 aliphatic rings. The molecule has 112 valence electrons. The highest BCUT2D eigenvalue weighted by Crippen LogP contribution is 2.33. The Morgan fingerprint density at radius 1 is 1.40 bits per heavy atom. The number of piperidine rings is 1. The van der Waals surface area contributed by atoms with E-state index in [1.807, 2.05) is 19.1 Å². The average Bonchev–Trinajstić information content (AvgIpc) is 2.40. The lowest BCUT2D eigenvalue weighted by atomic mass is 9.96. The molecule has 0 bridgehead atoms. The van der Waals surface area contributed by atoms with Gasteiger partial charge in [0, 0.05) is 32.8 Å². The van der Waals surface area contributed by atoms with Crippen molar-refractivity contribution < 1.29 is 4.74 Å².